The molecule has 1 aliphatic heterocycles. The molecule has 0 bridgehead atoms. The SMILES string of the molecule is C=Nc1sc2c(F)cc(F)c(-c3ncc4c(NCC5(N(C)C)CCC5)nc(OCC5(CN6CC7CC7C6)CC5)nc4c3F)c2c1C#N. The second kappa shape index (κ2) is 11.1. The molecule has 1 N–H and O–H groups in total. The van der Waals surface area contributed by atoms with Crippen molar-refractivity contribution in [2.24, 2.45) is 22.2 Å². The molecule has 3 aliphatic carbocycles. The second-order valence-electron chi connectivity index (χ2n) is 14.1. The first kappa shape index (κ1) is 30.5. The summed E-state index contributed by atoms with van der Waals surface area (Å²) in [5, 5.41) is 13.6. The van der Waals surface area contributed by atoms with E-state index in [1.165, 1.54) is 12.6 Å². The number of fused-ring (bicyclic) bond motifs is 3. The lowest BCUT2D eigenvalue weighted by Crippen LogP contribution is -2.54. The maximum absolute atomic E-state index is 16.7. The number of aliphatic imine (C=N–C) groups is 1. The molecule has 2 atom stereocenters. The van der Waals surface area contributed by atoms with Crippen molar-refractivity contribution in [3.8, 4) is 23.3 Å². The molecule has 9 nitrogen and oxygen atoms in total. The third-order valence-electron chi connectivity index (χ3n) is 10.9. The van der Waals surface area contributed by atoms with E-state index < -0.39 is 23.1 Å². The van der Waals surface area contributed by atoms with Crippen LogP contribution in [0.4, 0.5) is 24.0 Å². The lowest BCUT2D eigenvalue weighted by molar-refractivity contribution is 0.0738. The molecule has 4 heterocycles. The van der Waals surface area contributed by atoms with Crippen LogP contribution in [0.1, 0.15) is 44.1 Å². The zero-order chi connectivity index (χ0) is 32.7. The average Bonchev–Trinajstić information content (AvgIpc) is 3.88. The monoisotopic (exact) mass is 660 g/mol. The van der Waals surface area contributed by atoms with Gasteiger partial charge in [0.2, 0.25) is 0 Å². The summed E-state index contributed by atoms with van der Waals surface area (Å²) >= 11 is 0.847. The molecule has 47 heavy (non-hydrogen) atoms. The molecule has 2 unspecified atom stereocenters. The predicted molar refractivity (Wildman–Crippen MR) is 176 cm³/mol. The summed E-state index contributed by atoms with van der Waals surface area (Å²) in [7, 11) is 4.09. The molecule has 3 aromatic heterocycles. The van der Waals surface area contributed by atoms with Crippen LogP contribution in [-0.2, 0) is 0 Å². The van der Waals surface area contributed by atoms with Crippen LogP contribution in [0.25, 0.3) is 32.2 Å². The second-order valence-corrected chi connectivity index (χ2v) is 15.1. The van der Waals surface area contributed by atoms with Crippen molar-refractivity contribution in [2.75, 3.05) is 52.2 Å². The molecule has 244 valence electrons. The summed E-state index contributed by atoms with van der Waals surface area (Å²) in [5.41, 5.74) is -0.963. The molecule has 8 rings (SSSR count). The van der Waals surface area contributed by atoms with Gasteiger partial charge in [-0.15, -0.1) is 11.3 Å². The molecular formula is C34H35F3N8OS. The summed E-state index contributed by atoms with van der Waals surface area (Å²) in [6.45, 7) is 7.71. The van der Waals surface area contributed by atoms with Gasteiger partial charge in [-0.1, -0.05) is 0 Å². The number of piperidine rings is 1. The third kappa shape index (κ3) is 5.12. The fourth-order valence-corrected chi connectivity index (χ4v) is 8.48. The number of nitriles is 1. The number of ether oxygens (including phenoxy) is 1. The van der Waals surface area contributed by atoms with Crippen molar-refractivity contribution < 1.29 is 17.9 Å². The Balaban J connectivity index is 1.20. The molecular weight excluding hydrogens is 625 g/mol. The molecule has 13 heteroatoms. The summed E-state index contributed by atoms with van der Waals surface area (Å²) in [4.78, 5) is 22.1. The van der Waals surface area contributed by atoms with Crippen LogP contribution in [0.15, 0.2) is 17.3 Å². The largest absolute Gasteiger partial charge is 0.463 e. The van der Waals surface area contributed by atoms with E-state index in [-0.39, 0.29) is 48.7 Å². The van der Waals surface area contributed by atoms with E-state index >= 15 is 8.78 Å². The van der Waals surface area contributed by atoms with E-state index in [0.717, 1.165) is 74.9 Å². The molecule has 4 aliphatic rings. The Morgan fingerprint density at radius 1 is 1.17 bits per heavy atom. The molecule has 0 radical (unpaired) electrons. The van der Waals surface area contributed by atoms with Crippen LogP contribution in [0.5, 0.6) is 6.01 Å². The maximum atomic E-state index is 16.7. The number of nitrogens with one attached hydrogen (secondary N) is 1. The van der Waals surface area contributed by atoms with Gasteiger partial charge in [-0.3, -0.25) is 9.98 Å². The first-order valence-corrected chi connectivity index (χ1v) is 16.9. The van der Waals surface area contributed by atoms with Gasteiger partial charge in [0.25, 0.3) is 0 Å². The van der Waals surface area contributed by atoms with Crippen molar-refractivity contribution in [3.05, 3.63) is 35.3 Å². The Kier molecular flexibility index (Phi) is 7.20. The van der Waals surface area contributed by atoms with Gasteiger partial charge in [0.1, 0.15) is 39.7 Å². The Labute approximate surface area is 274 Å². The van der Waals surface area contributed by atoms with Crippen LogP contribution in [0.3, 0.4) is 0 Å². The van der Waals surface area contributed by atoms with E-state index in [2.05, 4.69) is 36.8 Å². The Bertz CT molecular complexity index is 1970. The maximum Gasteiger partial charge on any atom is 0.319 e. The molecule has 0 spiro atoms. The van der Waals surface area contributed by atoms with Crippen molar-refractivity contribution in [1.29, 1.82) is 5.26 Å². The number of hydrogen-bond acceptors (Lipinski definition) is 10. The first-order chi connectivity index (χ1) is 22.6. The number of likely N-dealkylation sites (tertiary alicyclic amines) is 1. The van der Waals surface area contributed by atoms with Gasteiger partial charge in [0.15, 0.2) is 5.82 Å². The summed E-state index contributed by atoms with van der Waals surface area (Å²) in [6, 6.07) is 2.65. The van der Waals surface area contributed by atoms with E-state index in [1.54, 1.807) is 0 Å². The van der Waals surface area contributed by atoms with Gasteiger partial charge in [-0.05, 0) is 71.2 Å². The van der Waals surface area contributed by atoms with Gasteiger partial charge in [-0.25, -0.2) is 13.2 Å². The van der Waals surface area contributed by atoms with Crippen molar-refractivity contribution in [3.63, 3.8) is 0 Å². The number of hydrogen-bond donors (Lipinski definition) is 1. The number of benzene rings is 1. The van der Waals surface area contributed by atoms with Gasteiger partial charge < -0.3 is 19.9 Å². The molecule has 3 saturated carbocycles. The topological polar surface area (TPSA) is 103 Å². The zero-order valence-electron chi connectivity index (χ0n) is 26.4. The van der Waals surface area contributed by atoms with E-state index in [9.17, 15) is 9.65 Å². The highest BCUT2D eigenvalue weighted by atomic mass is 32.1. The summed E-state index contributed by atoms with van der Waals surface area (Å²) < 4.78 is 53.4. The highest BCUT2D eigenvalue weighted by Gasteiger charge is 2.51. The number of rotatable bonds is 11. The molecule has 4 fully saturated rings. The highest BCUT2D eigenvalue weighted by Crippen LogP contribution is 2.51. The number of aromatic nitrogens is 3. The smallest absolute Gasteiger partial charge is 0.319 e. The molecule has 1 saturated heterocycles. The van der Waals surface area contributed by atoms with E-state index in [0.29, 0.717) is 30.4 Å². The van der Waals surface area contributed by atoms with E-state index in [1.807, 2.05) is 20.2 Å². The van der Waals surface area contributed by atoms with Crippen LogP contribution >= 0.6 is 11.3 Å². The first-order valence-electron chi connectivity index (χ1n) is 16.1. The van der Waals surface area contributed by atoms with Gasteiger partial charge in [-0.2, -0.15) is 15.2 Å². The number of thiophene rings is 1. The molecule has 0 amide bonds. The minimum Gasteiger partial charge on any atom is -0.463 e. The number of anilines is 1. The van der Waals surface area contributed by atoms with Crippen molar-refractivity contribution in [2.45, 2.75) is 44.1 Å². The quantitative estimate of drug-likeness (QED) is 0.181. The fraction of sp³-hybridized carbons (Fsp3) is 0.500. The van der Waals surface area contributed by atoms with E-state index in [4.69, 9.17) is 9.72 Å². The predicted octanol–water partition coefficient (Wildman–Crippen LogP) is 6.53. The Hall–Kier alpha value is -3.86. The highest BCUT2D eigenvalue weighted by molar-refractivity contribution is 7.23. The van der Waals surface area contributed by atoms with Gasteiger partial charge in [0.05, 0.1) is 22.3 Å². The van der Waals surface area contributed by atoms with Crippen LogP contribution in [-0.4, -0.2) is 83.9 Å². The molecule has 4 aromatic rings. The Morgan fingerprint density at radius 3 is 2.57 bits per heavy atom. The minimum atomic E-state index is -1.05. The van der Waals surface area contributed by atoms with Crippen LogP contribution in [0.2, 0.25) is 0 Å². The lowest BCUT2D eigenvalue weighted by Gasteiger charge is -2.47. The summed E-state index contributed by atoms with van der Waals surface area (Å²) in [6.07, 6.45) is 7.99. The normalized spacial score (nSPS) is 22.2. The van der Waals surface area contributed by atoms with Gasteiger partial charge in [0, 0.05) is 60.3 Å². The van der Waals surface area contributed by atoms with Crippen LogP contribution in [0, 0.1) is 46.0 Å². The number of halogens is 3. The Morgan fingerprint density at radius 2 is 1.94 bits per heavy atom. The number of pyridine rings is 1. The third-order valence-corrected chi connectivity index (χ3v) is 12.0. The summed E-state index contributed by atoms with van der Waals surface area (Å²) in [5.74, 6) is -0.785. The lowest BCUT2D eigenvalue weighted by atomic mass is 9.75. The zero-order valence-corrected chi connectivity index (χ0v) is 27.2. The standard InChI is InChI=1S/C34H35F3N8OS/c1-39-31-20(11-38)24-25(22(35)10-23(36)29(24)47-31)28-26(37)27-21(12-40-28)30(41-15-34(44(2)3)5-4-6-34)43-32(42-27)46-17-33(7-8-33)16-45-13-18-9-19(18)14-45/h10,12,18-19H,1,4-9,13-17H2,2-3H3,(H,41,42,43). The number of likely N-dealkylation sites (N-methyl/N-ethyl adjacent to an activating group) is 1. The molecule has 1 aromatic carbocycles. The van der Waals surface area contributed by atoms with Gasteiger partial charge >= 0.3 is 6.01 Å². The van der Waals surface area contributed by atoms with Crippen LogP contribution < -0.4 is 10.1 Å². The minimum absolute atomic E-state index is 0.0234. The number of nitrogens with zero attached hydrogens (tertiary/aromatic N) is 7. The van der Waals surface area contributed by atoms with Crippen molar-refractivity contribution in [1.82, 2.24) is 24.8 Å². The van der Waals surface area contributed by atoms with Crippen molar-refractivity contribution >= 4 is 49.9 Å². The average molecular weight is 661 g/mol. The fourth-order valence-electron chi connectivity index (χ4n) is 7.51.